The molecule has 0 unspecified atom stereocenters. The van der Waals surface area contributed by atoms with Crippen LogP contribution in [-0.2, 0) is 44.6 Å². The van der Waals surface area contributed by atoms with Gasteiger partial charge in [-0.2, -0.15) is 0 Å². The number of hydrogen-bond acceptors (Lipinski definition) is 8. The Kier molecular flexibility index (Phi) is 7.16. The summed E-state index contributed by atoms with van der Waals surface area (Å²) in [6.45, 7) is 2.99. The molecule has 8 nitrogen and oxygen atoms in total. The molecule has 0 N–H and O–H groups in total. The van der Waals surface area contributed by atoms with Crippen molar-refractivity contribution in [1.29, 1.82) is 0 Å². The van der Waals surface area contributed by atoms with E-state index in [0.717, 1.165) is 11.1 Å². The molecule has 170 valence electrons. The average Bonchev–Trinajstić information content (AvgIpc) is 2.80. The van der Waals surface area contributed by atoms with Gasteiger partial charge >= 0.3 is 11.9 Å². The van der Waals surface area contributed by atoms with Crippen molar-refractivity contribution in [1.82, 2.24) is 0 Å². The van der Waals surface area contributed by atoms with Gasteiger partial charge in [-0.3, -0.25) is 9.59 Å². The van der Waals surface area contributed by atoms with E-state index in [1.807, 2.05) is 60.7 Å². The first-order chi connectivity index (χ1) is 15.5. The molecule has 0 radical (unpaired) electrons. The second-order valence-corrected chi connectivity index (χ2v) is 7.66. The van der Waals surface area contributed by atoms with Gasteiger partial charge in [-0.25, -0.2) is 0 Å². The number of esters is 2. The average molecular weight is 442 g/mol. The molecule has 2 fully saturated rings. The molecule has 32 heavy (non-hydrogen) atoms. The minimum absolute atomic E-state index is 0.194. The number of rotatable bonds is 6. The minimum Gasteiger partial charge on any atom is -0.455 e. The molecular formula is C24H26O8. The van der Waals surface area contributed by atoms with Gasteiger partial charge in [0.25, 0.3) is 0 Å². The van der Waals surface area contributed by atoms with E-state index < -0.39 is 48.9 Å². The second-order valence-electron chi connectivity index (χ2n) is 7.66. The van der Waals surface area contributed by atoms with Gasteiger partial charge < -0.3 is 28.4 Å². The van der Waals surface area contributed by atoms with E-state index in [2.05, 4.69) is 0 Å². The van der Waals surface area contributed by atoms with Crippen LogP contribution in [0, 0.1) is 0 Å². The lowest BCUT2D eigenvalue weighted by atomic mass is 9.97. The lowest BCUT2D eigenvalue weighted by Gasteiger charge is -2.48. The summed E-state index contributed by atoms with van der Waals surface area (Å²) < 4.78 is 35.1. The van der Waals surface area contributed by atoms with Gasteiger partial charge in [0.1, 0.15) is 12.2 Å². The van der Waals surface area contributed by atoms with Gasteiger partial charge in [-0.1, -0.05) is 60.7 Å². The highest BCUT2D eigenvalue weighted by molar-refractivity contribution is 5.67. The van der Waals surface area contributed by atoms with Crippen molar-refractivity contribution in [2.24, 2.45) is 0 Å². The second kappa shape index (κ2) is 10.2. The fourth-order valence-electron chi connectivity index (χ4n) is 3.86. The Morgan fingerprint density at radius 3 is 2.16 bits per heavy atom. The third-order valence-electron chi connectivity index (χ3n) is 5.22. The summed E-state index contributed by atoms with van der Waals surface area (Å²) in [7, 11) is 0. The van der Waals surface area contributed by atoms with Crippen LogP contribution < -0.4 is 0 Å². The molecule has 2 saturated heterocycles. The quantitative estimate of drug-likeness (QED) is 0.631. The van der Waals surface area contributed by atoms with Crippen LogP contribution in [0.15, 0.2) is 60.7 Å². The topological polar surface area (TPSA) is 89.5 Å². The van der Waals surface area contributed by atoms with Crippen LogP contribution in [0.2, 0.25) is 0 Å². The van der Waals surface area contributed by atoms with Crippen molar-refractivity contribution in [2.75, 3.05) is 6.61 Å². The van der Waals surface area contributed by atoms with Crippen molar-refractivity contribution >= 4 is 11.9 Å². The zero-order chi connectivity index (χ0) is 22.5. The molecule has 2 aliphatic rings. The van der Waals surface area contributed by atoms with E-state index in [0.29, 0.717) is 0 Å². The third kappa shape index (κ3) is 5.34. The van der Waals surface area contributed by atoms with Crippen LogP contribution in [0.25, 0.3) is 0 Å². The molecule has 0 bridgehead atoms. The Labute approximate surface area is 186 Å². The number of benzene rings is 2. The van der Waals surface area contributed by atoms with Crippen LogP contribution in [0.1, 0.15) is 31.3 Å². The predicted molar refractivity (Wildman–Crippen MR) is 111 cm³/mol. The fourth-order valence-corrected chi connectivity index (χ4v) is 3.86. The van der Waals surface area contributed by atoms with Crippen LogP contribution in [0.4, 0.5) is 0 Å². The van der Waals surface area contributed by atoms with Crippen molar-refractivity contribution in [2.45, 2.75) is 57.5 Å². The van der Waals surface area contributed by atoms with E-state index in [1.165, 1.54) is 13.8 Å². The van der Waals surface area contributed by atoms with Crippen molar-refractivity contribution < 1.29 is 38.0 Å². The lowest BCUT2D eigenvalue weighted by molar-refractivity contribution is -0.363. The molecule has 0 spiro atoms. The highest BCUT2D eigenvalue weighted by atomic mass is 16.8. The largest absolute Gasteiger partial charge is 0.455 e. The summed E-state index contributed by atoms with van der Waals surface area (Å²) >= 11 is 0. The normalized spacial score (nSPS) is 29.6. The van der Waals surface area contributed by atoms with Gasteiger partial charge in [-0.15, -0.1) is 0 Å². The molecule has 2 aromatic rings. The van der Waals surface area contributed by atoms with Crippen LogP contribution in [0.3, 0.4) is 0 Å². The SMILES string of the molecule is CC(=O)O[C@@H]1[C@H](OC(C)=O)[C@H](OCc2ccccc2)O[C@@H]2CO[C@H](c3ccccc3)O[C@H]12. The molecule has 0 saturated carbocycles. The summed E-state index contributed by atoms with van der Waals surface area (Å²) in [5, 5.41) is 0. The summed E-state index contributed by atoms with van der Waals surface area (Å²) in [5.41, 5.74) is 1.74. The van der Waals surface area contributed by atoms with Crippen molar-refractivity contribution in [3.8, 4) is 0 Å². The number of hydrogen-bond donors (Lipinski definition) is 0. The summed E-state index contributed by atoms with van der Waals surface area (Å²) in [5.74, 6) is -1.07. The van der Waals surface area contributed by atoms with E-state index in [4.69, 9.17) is 28.4 Å². The number of carbonyl (C=O) groups is 2. The highest BCUT2D eigenvalue weighted by Gasteiger charge is 2.53. The molecule has 4 rings (SSSR count). The maximum atomic E-state index is 11.9. The third-order valence-corrected chi connectivity index (χ3v) is 5.22. The van der Waals surface area contributed by atoms with E-state index in [9.17, 15) is 9.59 Å². The lowest BCUT2D eigenvalue weighted by Crippen LogP contribution is -2.64. The van der Waals surface area contributed by atoms with Gasteiger partial charge in [-0.05, 0) is 5.56 Å². The minimum atomic E-state index is -1.00. The van der Waals surface area contributed by atoms with Gasteiger partial charge in [0.2, 0.25) is 0 Å². The molecule has 2 aliphatic heterocycles. The molecule has 0 aliphatic carbocycles. The van der Waals surface area contributed by atoms with Gasteiger partial charge in [0.05, 0.1) is 13.2 Å². The van der Waals surface area contributed by atoms with E-state index >= 15 is 0 Å². The Hall–Kier alpha value is -2.78. The summed E-state index contributed by atoms with van der Waals surface area (Å²) in [4.78, 5) is 23.8. The van der Waals surface area contributed by atoms with Crippen LogP contribution in [0.5, 0.6) is 0 Å². The monoisotopic (exact) mass is 442 g/mol. The van der Waals surface area contributed by atoms with Crippen LogP contribution >= 0.6 is 0 Å². The zero-order valence-electron chi connectivity index (χ0n) is 17.9. The summed E-state index contributed by atoms with van der Waals surface area (Å²) in [6, 6.07) is 18.9. The fraction of sp³-hybridized carbons (Fsp3) is 0.417. The smallest absolute Gasteiger partial charge is 0.303 e. The maximum Gasteiger partial charge on any atom is 0.303 e. The molecule has 6 atom stereocenters. The maximum absolute atomic E-state index is 11.9. The van der Waals surface area contributed by atoms with E-state index in [1.54, 1.807) is 0 Å². The first kappa shape index (κ1) is 22.4. The first-order valence-corrected chi connectivity index (χ1v) is 10.5. The van der Waals surface area contributed by atoms with Crippen molar-refractivity contribution in [3.05, 3.63) is 71.8 Å². The van der Waals surface area contributed by atoms with Gasteiger partial charge in [0, 0.05) is 19.4 Å². The zero-order valence-corrected chi connectivity index (χ0v) is 17.9. The van der Waals surface area contributed by atoms with Crippen LogP contribution in [-0.4, -0.2) is 49.3 Å². The number of fused-ring (bicyclic) bond motifs is 1. The Morgan fingerprint density at radius 2 is 1.50 bits per heavy atom. The Bertz CT molecular complexity index is 903. The molecule has 8 heteroatoms. The predicted octanol–water partition coefficient (Wildman–Crippen LogP) is 2.91. The van der Waals surface area contributed by atoms with Gasteiger partial charge in [0.15, 0.2) is 24.8 Å². The van der Waals surface area contributed by atoms with E-state index in [-0.39, 0.29) is 13.2 Å². The molecular weight excluding hydrogens is 416 g/mol. The Balaban J connectivity index is 1.57. The standard InChI is InChI=1S/C24H26O8/c1-15(25)29-21-20-19(14-28-23(32-20)18-11-7-4-8-12-18)31-24(22(21)30-16(2)26)27-13-17-9-5-3-6-10-17/h3-12,19-24H,13-14H2,1-2H3/t19-,20+,21+,22+,23+,24-/m1/s1. The molecule has 2 aromatic carbocycles. The molecule has 0 amide bonds. The first-order valence-electron chi connectivity index (χ1n) is 10.5. The number of ether oxygens (including phenoxy) is 6. The molecule has 2 heterocycles. The highest BCUT2D eigenvalue weighted by Crippen LogP contribution is 2.37. The number of carbonyl (C=O) groups excluding carboxylic acids is 2. The Morgan fingerprint density at radius 1 is 0.875 bits per heavy atom. The summed E-state index contributed by atoms with van der Waals surface area (Å²) in [6.07, 6.45) is -4.85. The van der Waals surface area contributed by atoms with Crippen molar-refractivity contribution in [3.63, 3.8) is 0 Å². The molecule has 0 aromatic heterocycles.